The molecule has 1 aromatic heterocycles. The number of hydrogen-bond donors (Lipinski definition) is 0. The summed E-state index contributed by atoms with van der Waals surface area (Å²) in [6.45, 7) is 0.495. The monoisotopic (exact) mass is 411 g/mol. The summed E-state index contributed by atoms with van der Waals surface area (Å²) < 4.78 is 0. The number of amides is 2. The number of carbonyl (C=O) groups is 2. The molecule has 0 atom stereocenters. The van der Waals surface area contributed by atoms with Gasteiger partial charge in [-0.05, 0) is 36.6 Å². The summed E-state index contributed by atoms with van der Waals surface area (Å²) in [6.07, 6.45) is 9.37. The van der Waals surface area contributed by atoms with Crippen LogP contribution in [0.25, 0.3) is 0 Å². The maximum absolute atomic E-state index is 13.0. The van der Waals surface area contributed by atoms with Gasteiger partial charge < -0.3 is 9.80 Å². The van der Waals surface area contributed by atoms with E-state index in [2.05, 4.69) is 4.98 Å². The van der Waals surface area contributed by atoms with Crippen molar-refractivity contribution >= 4 is 23.6 Å². The van der Waals surface area contributed by atoms with Crippen molar-refractivity contribution in [2.75, 3.05) is 19.8 Å². The summed E-state index contributed by atoms with van der Waals surface area (Å²) >= 11 is 1.45. The molecule has 0 radical (unpaired) electrons. The first-order valence-electron chi connectivity index (χ1n) is 10.2. The molecule has 1 heterocycles. The number of carbonyl (C=O) groups excluding carboxylic acids is 2. The number of thioether (sulfide) groups is 1. The normalized spacial score (nSPS) is 14.4. The van der Waals surface area contributed by atoms with E-state index in [0.717, 1.165) is 23.3 Å². The van der Waals surface area contributed by atoms with E-state index in [-0.39, 0.29) is 11.8 Å². The van der Waals surface area contributed by atoms with Crippen molar-refractivity contribution in [3.8, 4) is 0 Å². The fourth-order valence-electron chi connectivity index (χ4n) is 3.73. The Labute approximate surface area is 177 Å². The smallest absolute Gasteiger partial charge is 0.255 e. The molecule has 1 fully saturated rings. The highest BCUT2D eigenvalue weighted by atomic mass is 32.2. The molecular weight excluding hydrogens is 382 g/mol. The van der Waals surface area contributed by atoms with E-state index in [1.807, 2.05) is 48.3 Å². The first kappa shape index (κ1) is 21.4. The van der Waals surface area contributed by atoms with E-state index in [1.54, 1.807) is 24.3 Å². The van der Waals surface area contributed by atoms with Gasteiger partial charge in [-0.15, -0.1) is 11.8 Å². The summed E-state index contributed by atoms with van der Waals surface area (Å²) in [5.74, 6) is 0.432. The maximum atomic E-state index is 13.0. The topological polar surface area (TPSA) is 53.5 Å². The third kappa shape index (κ3) is 5.82. The van der Waals surface area contributed by atoms with Gasteiger partial charge in [0, 0.05) is 44.0 Å². The van der Waals surface area contributed by atoms with E-state index in [9.17, 15) is 9.59 Å². The first-order chi connectivity index (χ1) is 14.1. The van der Waals surface area contributed by atoms with Crippen LogP contribution >= 0.6 is 11.8 Å². The largest absolute Gasteiger partial charge is 0.342 e. The van der Waals surface area contributed by atoms with Crippen LogP contribution in [0, 0.1) is 0 Å². The van der Waals surface area contributed by atoms with Crippen molar-refractivity contribution in [3.05, 3.63) is 59.9 Å². The van der Waals surface area contributed by atoms with Crippen LogP contribution in [0.2, 0.25) is 0 Å². The summed E-state index contributed by atoms with van der Waals surface area (Å²) in [7, 11) is 3.70. The van der Waals surface area contributed by atoms with Crippen molar-refractivity contribution in [2.24, 2.45) is 0 Å². The highest BCUT2D eigenvalue weighted by Crippen LogP contribution is 2.26. The zero-order chi connectivity index (χ0) is 20.6. The van der Waals surface area contributed by atoms with Gasteiger partial charge in [0.25, 0.3) is 5.91 Å². The average molecular weight is 412 g/mol. The molecule has 0 N–H and O–H groups in total. The molecule has 2 amide bonds. The predicted octanol–water partition coefficient (Wildman–Crippen LogP) is 4.24. The molecule has 0 unspecified atom stereocenters. The van der Waals surface area contributed by atoms with E-state index in [1.165, 1.54) is 31.0 Å². The van der Waals surface area contributed by atoms with Crippen LogP contribution < -0.4 is 0 Å². The lowest BCUT2D eigenvalue weighted by atomic mass is 9.94. The molecule has 3 rings (SSSR count). The van der Waals surface area contributed by atoms with Crippen LogP contribution in [0.4, 0.5) is 0 Å². The van der Waals surface area contributed by atoms with E-state index >= 15 is 0 Å². The van der Waals surface area contributed by atoms with E-state index in [4.69, 9.17) is 0 Å². The molecule has 1 saturated carbocycles. The number of rotatable bonds is 7. The second kappa shape index (κ2) is 10.4. The SMILES string of the molecule is CN(Cc1cccnc1)C(=O)c1ccccc1SCC(=O)N(C)C1CCCCC1. The minimum absolute atomic E-state index is 0.0509. The fraction of sp³-hybridized carbons (Fsp3) is 0.435. The van der Waals surface area contributed by atoms with Crippen LogP contribution in [-0.2, 0) is 11.3 Å². The summed E-state index contributed by atoms with van der Waals surface area (Å²) in [5, 5.41) is 0. The molecule has 6 heteroatoms. The van der Waals surface area contributed by atoms with Gasteiger partial charge in [-0.25, -0.2) is 0 Å². The average Bonchev–Trinajstić information content (AvgIpc) is 2.78. The highest BCUT2D eigenvalue weighted by Gasteiger charge is 2.23. The number of aromatic nitrogens is 1. The molecule has 0 spiro atoms. The Balaban J connectivity index is 1.62. The molecule has 0 bridgehead atoms. The van der Waals surface area contributed by atoms with E-state index in [0.29, 0.717) is 23.9 Å². The summed E-state index contributed by atoms with van der Waals surface area (Å²) in [6, 6.07) is 11.7. The zero-order valence-corrected chi connectivity index (χ0v) is 18.0. The van der Waals surface area contributed by atoms with Crippen LogP contribution in [-0.4, -0.2) is 52.5 Å². The first-order valence-corrected chi connectivity index (χ1v) is 11.2. The molecule has 29 heavy (non-hydrogen) atoms. The van der Waals surface area contributed by atoms with Gasteiger partial charge in [0.1, 0.15) is 0 Å². The van der Waals surface area contributed by atoms with Crippen molar-refractivity contribution in [2.45, 2.75) is 49.6 Å². The van der Waals surface area contributed by atoms with Crippen molar-refractivity contribution in [1.82, 2.24) is 14.8 Å². The number of hydrogen-bond acceptors (Lipinski definition) is 4. The van der Waals surface area contributed by atoms with Crippen molar-refractivity contribution in [3.63, 3.8) is 0 Å². The zero-order valence-electron chi connectivity index (χ0n) is 17.2. The molecule has 154 valence electrons. The Kier molecular flexibility index (Phi) is 7.69. The van der Waals surface area contributed by atoms with Gasteiger partial charge in [-0.2, -0.15) is 0 Å². The second-order valence-corrected chi connectivity index (χ2v) is 8.62. The van der Waals surface area contributed by atoms with Gasteiger partial charge in [0.05, 0.1) is 11.3 Å². The maximum Gasteiger partial charge on any atom is 0.255 e. The quantitative estimate of drug-likeness (QED) is 0.640. The Morgan fingerprint density at radius 2 is 1.83 bits per heavy atom. The van der Waals surface area contributed by atoms with Gasteiger partial charge in [0.15, 0.2) is 0 Å². The summed E-state index contributed by atoms with van der Waals surface area (Å²) in [4.78, 5) is 34.2. The lowest BCUT2D eigenvalue weighted by Gasteiger charge is -2.31. The molecule has 1 aliphatic carbocycles. The van der Waals surface area contributed by atoms with Gasteiger partial charge >= 0.3 is 0 Å². The molecular formula is C23H29N3O2S. The minimum Gasteiger partial charge on any atom is -0.342 e. The van der Waals surface area contributed by atoms with Crippen LogP contribution in [0.1, 0.15) is 48.0 Å². The third-order valence-corrected chi connectivity index (χ3v) is 6.53. The van der Waals surface area contributed by atoms with Crippen LogP contribution in [0.3, 0.4) is 0 Å². The number of nitrogens with zero attached hydrogens (tertiary/aromatic N) is 3. The molecule has 2 aromatic rings. The third-order valence-electron chi connectivity index (χ3n) is 5.47. The highest BCUT2D eigenvalue weighted by molar-refractivity contribution is 8.00. The Morgan fingerprint density at radius 1 is 1.07 bits per heavy atom. The van der Waals surface area contributed by atoms with Crippen molar-refractivity contribution in [1.29, 1.82) is 0 Å². The van der Waals surface area contributed by atoms with Gasteiger partial charge in [-0.1, -0.05) is 37.5 Å². The van der Waals surface area contributed by atoms with Crippen LogP contribution in [0.15, 0.2) is 53.7 Å². The number of pyridine rings is 1. The Bertz CT molecular complexity index is 822. The van der Waals surface area contributed by atoms with E-state index < -0.39 is 0 Å². The summed E-state index contributed by atoms with van der Waals surface area (Å²) in [5.41, 5.74) is 1.62. The Hall–Kier alpha value is -2.34. The molecule has 0 aliphatic heterocycles. The standard InChI is InChI=1S/C23H29N3O2S/c1-25(16-18-9-8-14-24-15-18)23(28)20-12-6-7-13-21(20)29-17-22(27)26(2)19-10-4-3-5-11-19/h6-9,12-15,19H,3-5,10-11,16-17H2,1-2H3. The van der Waals surface area contributed by atoms with Gasteiger partial charge in [0.2, 0.25) is 5.91 Å². The molecule has 1 aliphatic rings. The fourth-order valence-corrected chi connectivity index (χ4v) is 4.69. The minimum atomic E-state index is -0.0509. The number of benzene rings is 1. The van der Waals surface area contributed by atoms with Crippen molar-refractivity contribution < 1.29 is 9.59 Å². The van der Waals surface area contributed by atoms with Crippen LogP contribution in [0.5, 0.6) is 0 Å². The lowest BCUT2D eigenvalue weighted by Crippen LogP contribution is -2.39. The Morgan fingerprint density at radius 3 is 2.55 bits per heavy atom. The molecule has 5 nitrogen and oxygen atoms in total. The molecule has 0 saturated heterocycles. The predicted molar refractivity (Wildman–Crippen MR) is 117 cm³/mol. The van der Waals surface area contributed by atoms with Gasteiger partial charge in [-0.3, -0.25) is 14.6 Å². The lowest BCUT2D eigenvalue weighted by molar-refractivity contribution is -0.129. The second-order valence-electron chi connectivity index (χ2n) is 7.60. The molecule has 1 aromatic carbocycles.